The van der Waals surface area contributed by atoms with Crippen LogP contribution >= 0.6 is 24.0 Å². The van der Waals surface area contributed by atoms with Crippen LogP contribution in [0.3, 0.4) is 0 Å². The Kier molecular flexibility index (Phi) is 8.96. The third kappa shape index (κ3) is 6.65. The molecule has 0 fully saturated rings. The number of nitrogens with one attached hydrogen (secondary N) is 1. The summed E-state index contributed by atoms with van der Waals surface area (Å²) in [5.74, 6) is 1.58. The molecular weight excluding hydrogens is 505 g/mol. The van der Waals surface area contributed by atoms with Crippen LogP contribution in [0.25, 0.3) is 5.82 Å². The normalized spacial score (nSPS) is 11.2. The van der Waals surface area contributed by atoms with E-state index in [1.165, 1.54) is 12.1 Å². The van der Waals surface area contributed by atoms with Crippen molar-refractivity contribution >= 4 is 29.9 Å². The molecule has 0 saturated heterocycles. The third-order valence-electron chi connectivity index (χ3n) is 4.14. The van der Waals surface area contributed by atoms with Crippen molar-refractivity contribution < 1.29 is 13.5 Å². The molecule has 0 aliphatic carbocycles. The van der Waals surface area contributed by atoms with Crippen LogP contribution in [0.5, 0.6) is 5.75 Å². The zero-order chi connectivity index (χ0) is 20.6. The Bertz CT molecular complexity index is 935. The Balaban J connectivity index is 0.00000320. The van der Waals surface area contributed by atoms with E-state index in [1.807, 2.05) is 36.3 Å². The van der Waals surface area contributed by atoms with Crippen molar-refractivity contribution in [1.82, 2.24) is 25.0 Å². The van der Waals surface area contributed by atoms with Crippen LogP contribution < -0.4 is 10.1 Å². The summed E-state index contributed by atoms with van der Waals surface area (Å²) in [6.07, 6.45) is 5.28. The molecule has 3 aromatic rings. The van der Waals surface area contributed by atoms with Crippen molar-refractivity contribution in [1.29, 1.82) is 0 Å². The number of rotatable bonds is 7. The van der Waals surface area contributed by atoms with Crippen LogP contribution in [0.1, 0.15) is 11.1 Å². The highest BCUT2D eigenvalue weighted by Crippen LogP contribution is 2.16. The van der Waals surface area contributed by atoms with Crippen molar-refractivity contribution in [3.8, 4) is 11.6 Å². The van der Waals surface area contributed by atoms with Crippen molar-refractivity contribution in [2.75, 3.05) is 14.1 Å². The van der Waals surface area contributed by atoms with Gasteiger partial charge in [-0.15, -0.1) is 24.0 Å². The number of aromatic nitrogens is 3. The van der Waals surface area contributed by atoms with Crippen molar-refractivity contribution in [3.05, 3.63) is 72.2 Å². The van der Waals surface area contributed by atoms with Crippen LogP contribution in [0.4, 0.5) is 8.78 Å². The Labute approximate surface area is 190 Å². The summed E-state index contributed by atoms with van der Waals surface area (Å²) >= 11 is 0. The number of hydrogen-bond donors (Lipinski definition) is 1. The van der Waals surface area contributed by atoms with Crippen LogP contribution in [0.15, 0.2) is 66.0 Å². The third-order valence-corrected chi connectivity index (χ3v) is 4.14. The van der Waals surface area contributed by atoms with E-state index in [0.717, 1.165) is 16.9 Å². The minimum Gasteiger partial charge on any atom is -0.435 e. The molecule has 30 heavy (non-hydrogen) atoms. The lowest BCUT2D eigenvalue weighted by Crippen LogP contribution is -2.38. The average Bonchev–Trinajstić information content (AvgIpc) is 3.25. The lowest BCUT2D eigenvalue weighted by atomic mass is 10.2. The predicted molar refractivity (Wildman–Crippen MR) is 122 cm³/mol. The zero-order valence-corrected chi connectivity index (χ0v) is 18.9. The molecule has 0 spiro atoms. The molecule has 7 nitrogen and oxygen atoms in total. The van der Waals surface area contributed by atoms with Gasteiger partial charge in [-0.2, -0.15) is 13.9 Å². The molecule has 2 aromatic heterocycles. The molecule has 0 aliphatic heterocycles. The van der Waals surface area contributed by atoms with Gasteiger partial charge in [-0.1, -0.05) is 12.1 Å². The topological polar surface area (TPSA) is 67.6 Å². The standard InChI is InChI=1S/C20H22F2N6O.HI/c1-23-20(27(2)14-15-4-6-17(7-5-15)29-19(21)22)25-13-16-8-10-24-18(12-16)28-11-3-9-26-28;/h3-12,19H,13-14H2,1-2H3,(H,23,25);1H. The molecule has 1 aromatic carbocycles. The Hall–Kier alpha value is -2.76. The number of guanidine groups is 1. The first-order valence-corrected chi connectivity index (χ1v) is 8.95. The average molecular weight is 528 g/mol. The highest BCUT2D eigenvalue weighted by Gasteiger charge is 2.09. The van der Waals surface area contributed by atoms with Gasteiger partial charge in [0.2, 0.25) is 0 Å². The second kappa shape index (κ2) is 11.4. The van der Waals surface area contributed by atoms with E-state index in [-0.39, 0.29) is 29.7 Å². The summed E-state index contributed by atoms with van der Waals surface area (Å²) in [5.41, 5.74) is 1.98. The summed E-state index contributed by atoms with van der Waals surface area (Å²) in [6, 6.07) is 12.3. The van der Waals surface area contributed by atoms with Gasteiger partial charge in [-0.25, -0.2) is 9.67 Å². The monoisotopic (exact) mass is 528 g/mol. The minimum absolute atomic E-state index is 0. The quantitative estimate of drug-likeness (QED) is 0.288. The second-order valence-corrected chi connectivity index (χ2v) is 6.25. The number of aliphatic imine (C=N–C) groups is 1. The molecule has 1 N–H and O–H groups in total. The maximum atomic E-state index is 12.2. The number of hydrogen-bond acceptors (Lipinski definition) is 4. The SMILES string of the molecule is CN=C(NCc1ccnc(-n2cccn2)c1)N(C)Cc1ccc(OC(F)F)cc1.I. The molecule has 2 heterocycles. The van der Waals surface area contributed by atoms with Crippen molar-refractivity contribution in [3.63, 3.8) is 0 Å². The maximum absolute atomic E-state index is 12.2. The molecule has 10 heteroatoms. The first kappa shape index (κ1) is 23.5. The van der Waals surface area contributed by atoms with Crippen LogP contribution in [0, 0.1) is 0 Å². The summed E-state index contributed by atoms with van der Waals surface area (Å²) in [4.78, 5) is 10.6. The van der Waals surface area contributed by atoms with Crippen molar-refractivity contribution in [2.24, 2.45) is 4.99 Å². The molecule has 160 valence electrons. The molecule has 3 rings (SSSR count). The minimum atomic E-state index is -2.83. The number of alkyl halides is 2. The molecule has 0 saturated carbocycles. The van der Waals surface area contributed by atoms with E-state index in [1.54, 1.807) is 36.3 Å². The molecule has 0 atom stereocenters. The van der Waals surface area contributed by atoms with E-state index < -0.39 is 6.61 Å². The largest absolute Gasteiger partial charge is 0.435 e. The predicted octanol–water partition coefficient (Wildman–Crippen LogP) is 3.69. The zero-order valence-electron chi connectivity index (χ0n) is 16.6. The summed E-state index contributed by atoms with van der Waals surface area (Å²) in [6.45, 7) is -1.70. The lowest BCUT2D eigenvalue weighted by Gasteiger charge is -2.22. The second-order valence-electron chi connectivity index (χ2n) is 6.25. The van der Waals surface area contributed by atoms with Crippen molar-refractivity contribution in [2.45, 2.75) is 19.7 Å². The van der Waals surface area contributed by atoms with Crippen LogP contribution in [0.2, 0.25) is 0 Å². The van der Waals surface area contributed by atoms with E-state index in [2.05, 4.69) is 25.1 Å². The van der Waals surface area contributed by atoms with Crippen LogP contribution in [-0.2, 0) is 13.1 Å². The Morgan fingerprint density at radius 2 is 1.97 bits per heavy atom. The van der Waals surface area contributed by atoms with Gasteiger partial charge in [0.15, 0.2) is 11.8 Å². The molecule has 0 unspecified atom stereocenters. The van der Waals surface area contributed by atoms with Gasteiger partial charge in [0, 0.05) is 45.8 Å². The maximum Gasteiger partial charge on any atom is 0.387 e. The smallest absolute Gasteiger partial charge is 0.387 e. The summed E-state index contributed by atoms with van der Waals surface area (Å²) < 4.78 is 30.6. The van der Waals surface area contributed by atoms with E-state index >= 15 is 0 Å². The number of nitrogens with zero attached hydrogens (tertiary/aromatic N) is 5. The van der Waals surface area contributed by atoms with Gasteiger partial charge in [-0.05, 0) is 41.5 Å². The number of pyridine rings is 1. The number of halogens is 3. The number of ether oxygens (including phenoxy) is 1. The van der Waals surface area contributed by atoms with Gasteiger partial charge in [-0.3, -0.25) is 4.99 Å². The fourth-order valence-electron chi connectivity index (χ4n) is 2.79. The first-order valence-electron chi connectivity index (χ1n) is 8.95. The van der Waals surface area contributed by atoms with Gasteiger partial charge in [0.25, 0.3) is 0 Å². The highest BCUT2D eigenvalue weighted by molar-refractivity contribution is 14.0. The molecular formula is C20H23F2IN6O. The van der Waals surface area contributed by atoms with E-state index in [4.69, 9.17) is 0 Å². The van der Waals surface area contributed by atoms with Gasteiger partial charge < -0.3 is 15.0 Å². The Morgan fingerprint density at radius 1 is 1.20 bits per heavy atom. The van der Waals surface area contributed by atoms with Gasteiger partial charge in [0.1, 0.15) is 5.75 Å². The van der Waals surface area contributed by atoms with Gasteiger partial charge >= 0.3 is 6.61 Å². The molecule has 0 bridgehead atoms. The molecule has 0 radical (unpaired) electrons. The van der Waals surface area contributed by atoms with Crippen LogP contribution in [-0.4, -0.2) is 46.3 Å². The lowest BCUT2D eigenvalue weighted by molar-refractivity contribution is -0.0498. The summed E-state index contributed by atoms with van der Waals surface area (Å²) in [7, 11) is 3.61. The number of benzene rings is 1. The van der Waals surface area contributed by atoms with E-state index in [9.17, 15) is 8.78 Å². The highest BCUT2D eigenvalue weighted by atomic mass is 127. The molecule has 0 aliphatic rings. The van der Waals surface area contributed by atoms with E-state index in [0.29, 0.717) is 19.0 Å². The summed E-state index contributed by atoms with van der Waals surface area (Å²) in [5, 5.41) is 7.50. The fraction of sp³-hybridized carbons (Fsp3) is 0.250. The Morgan fingerprint density at radius 3 is 2.60 bits per heavy atom. The van der Waals surface area contributed by atoms with Gasteiger partial charge in [0.05, 0.1) is 0 Å². The fourth-order valence-corrected chi connectivity index (χ4v) is 2.79. The molecule has 0 amide bonds. The first-order chi connectivity index (χ1) is 14.0.